The molecule has 21 heavy (non-hydrogen) atoms. The van der Waals surface area contributed by atoms with Crippen LogP contribution in [0, 0.1) is 11.6 Å². The lowest BCUT2D eigenvalue weighted by Crippen LogP contribution is -2.16. The van der Waals surface area contributed by atoms with Gasteiger partial charge in [0.2, 0.25) is 0 Å². The van der Waals surface area contributed by atoms with Crippen molar-refractivity contribution in [2.75, 3.05) is 4.72 Å². The number of aromatic carboxylic acids is 1. The van der Waals surface area contributed by atoms with Crippen molar-refractivity contribution < 1.29 is 27.1 Å². The van der Waals surface area contributed by atoms with Crippen molar-refractivity contribution in [2.45, 2.75) is 4.90 Å². The van der Waals surface area contributed by atoms with Crippen molar-refractivity contribution in [1.82, 2.24) is 0 Å². The predicted molar refractivity (Wildman–Crippen MR) is 70.6 cm³/mol. The monoisotopic (exact) mass is 313 g/mol. The third-order valence-corrected chi connectivity index (χ3v) is 3.93. The van der Waals surface area contributed by atoms with Crippen LogP contribution in [-0.2, 0) is 10.0 Å². The van der Waals surface area contributed by atoms with Crippen molar-refractivity contribution in [3.05, 3.63) is 59.7 Å². The first-order valence-corrected chi connectivity index (χ1v) is 7.09. The molecule has 0 radical (unpaired) electrons. The van der Waals surface area contributed by atoms with Crippen molar-refractivity contribution in [3.8, 4) is 0 Å². The van der Waals surface area contributed by atoms with E-state index in [9.17, 15) is 22.0 Å². The summed E-state index contributed by atoms with van der Waals surface area (Å²) in [6.45, 7) is 0. The zero-order chi connectivity index (χ0) is 15.6. The van der Waals surface area contributed by atoms with E-state index in [1.54, 1.807) is 0 Å². The average molecular weight is 313 g/mol. The van der Waals surface area contributed by atoms with Gasteiger partial charge in [0.15, 0.2) is 0 Å². The number of anilines is 1. The Labute approximate surface area is 118 Å². The van der Waals surface area contributed by atoms with Crippen LogP contribution >= 0.6 is 0 Å². The van der Waals surface area contributed by atoms with Gasteiger partial charge < -0.3 is 5.11 Å². The largest absolute Gasteiger partial charge is 0.478 e. The SMILES string of the molecule is O=C(O)c1cc(F)ccc1NS(=O)(=O)c1cccc(F)c1. The van der Waals surface area contributed by atoms with Gasteiger partial charge in [-0.1, -0.05) is 6.07 Å². The first-order valence-electron chi connectivity index (χ1n) is 5.61. The summed E-state index contributed by atoms with van der Waals surface area (Å²) in [5.74, 6) is -3.07. The first kappa shape index (κ1) is 14.9. The molecule has 0 unspecified atom stereocenters. The average Bonchev–Trinajstić information content (AvgIpc) is 2.40. The maximum absolute atomic E-state index is 13.1. The zero-order valence-corrected chi connectivity index (χ0v) is 11.2. The molecule has 0 aromatic heterocycles. The van der Waals surface area contributed by atoms with Crippen molar-refractivity contribution >= 4 is 21.7 Å². The Morgan fingerprint density at radius 1 is 1.05 bits per heavy atom. The maximum Gasteiger partial charge on any atom is 0.337 e. The summed E-state index contributed by atoms with van der Waals surface area (Å²) < 4.78 is 52.2. The Kier molecular flexibility index (Phi) is 3.90. The summed E-state index contributed by atoms with van der Waals surface area (Å²) in [6.07, 6.45) is 0. The molecule has 0 atom stereocenters. The van der Waals surface area contributed by atoms with Crippen LogP contribution in [0.1, 0.15) is 10.4 Å². The Balaban J connectivity index is 2.44. The van der Waals surface area contributed by atoms with Crippen LogP contribution in [0.25, 0.3) is 0 Å². The van der Waals surface area contributed by atoms with Gasteiger partial charge in [0.25, 0.3) is 10.0 Å². The summed E-state index contributed by atoms with van der Waals surface area (Å²) >= 11 is 0. The molecule has 110 valence electrons. The molecule has 0 bridgehead atoms. The van der Waals surface area contributed by atoms with Crippen LogP contribution in [0.5, 0.6) is 0 Å². The summed E-state index contributed by atoms with van der Waals surface area (Å²) in [5, 5.41) is 8.94. The van der Waals surface area contributed by atoms with Gasteiger partial charge in [0, 0.05) is 0 Å². The van der Waals surface area contributed by atoms with Crippen LogP contribution in [0.4, 0.5) is 14.5 Å². The lowest BCUT2D eigenvalue weighted by molar-refractivity contribution is 0.0697. The number of nitrogens with one attached hydrogen (secondary N) is 1. The van der Waals surface area contributed by atoms with Crippen molar-refractivity contribution in [2.24, 2.45) is 0 Å². The van der Waals surface area contributed by atoms with Gasteiger partial charge in [-0.25, -0.2) is 22.0 Å². The number of hydrogen-bond donors (Lipinski definition) is 2. The number of sulfonamides is 1. The lowest BCUT2D eigenvalue weighted by Gasteiger charge is -2.10. The minimum absolute atomic E-state index is 0.312. The molecule has 0 aliphatic heterocycles. The normalized spacial score (nSPS) is 11.1. The highest BCUT2D eigenvalue weighted by molar-refractivity contribution is 7.92. The summed E-state index contributed by atoms with van der Waals surface area (Å²) in [7, 11) is -4.18. The first-order chi connectivity index (χ1) is 9.79. The van der Waals surface area contributed by atoms with E-state index in [4.69, 9.17) is 5.11 Å². The van der Waals surface area contributed by atoms with Gasteiger partial charge >= 0.3 is 5.97 Å². The highest BCUT2D eigenvalue weighted by atomic mass is 32.2. The summed E-state index contributed by atoms with van der Waals surface area (Å²) in [5.41, 5.74) is -0.858. The fraction of sp³-hybridized carbons (Fsp3) is 0. The van der Waals surface area contributed by atoms with Crippen molar-refractivity contribution in [1.29, 1.82) is 0 Å². The summed E-state index contributed by atoms with van der Waals surface area (Å²) in [4.78, 5) is 10.6. The number of halogens is 2. The van der Waals surface area contributed by atoms with Gasteiger partial charge in [-0.3, -0.25) is 4.72 Å². The highest BCUT2D eigenvalue weighted by Crippen LogP contribution is 2.21. The molecule has 0 saturated heterocycles. The molecule has 2 N–H and O–H groups in total. The second-order valence-corrected chi connectivity index (χ2v) is 5.74. The number of hydrogen-bond acceptors (Lipinski definition) is 3. The molecule has 0 amide bonds. The number of benzene rings is 2. The van der Waals surface area contributed by atoms with Crippen LogP contribution in [0.2, 0.25) is 0 Å². The number of carboxylic acid groups (broad SMARTS) is 1. The van der Waals surface area contributed by atoms with E-state index in [1.807, 2.05) is 4.72 Å². The van der Waals surface area contributed by atoms with E-state index in [1.165, 1.54) is 6.07 Å². The Morgan fingerprint density at radius 3 is 2.33 bits per heavy atom. The van der Waals surface area contributed by atoms with Crippen molar-refractivity contribution in [3.63, 3.8) is 0 Å². The topological polar surface area (TPSA) is 83.5 Å². The van der Waals surface area contributed by atoms with Gasteiger partial charge in [-0.15, -0.1) is 0 Å². The predicted octanol–water partition coefficient (Wildman–Crippen LogP) is 2.46. The van der Waals surface area contributed by atoms with Gasteiger partial charge in [0.05, 0.1) is 16.1 Å². The minimum atomic E-state index is -4.18. The second kappa shape index (κ2) is 5.49. The number of rotatable bonds is 4. The van der Waals surface area contributed by atoms with Crippen LogP contribution in [0.15, 0.2) is 47.4 Å². The highest BCUT2D eigenvalue weighted by Gasteiger charge is 2.19. The second-order valence-electron chi connectivity index (χ2n) is 4.06. The molecule has 2 aromatic rings. The molecule has 2 aromatic carbocycles. The van der Waals surface area contributed by atoms with Crippen LogP contribution in [-0.4, -0.2) is 19.5 Å². The fourth-order valence-corrected chi connectivity index (χ4v) is 2.73. The molecular weight excluding hydrogens is 304 g/mol. The molecule has 2 rings (SSSR count). The molecule has 5 nitrogen and oxygen atoms in total. The van der Waals surface area contributed by atoms with E-state index >= 15 is 0 Å². The molecule has 0 fully saturated rings. The Hall–Kier alpha value is -2.48. The summed E-state index contributed by atoms with van der Waals surface area (Å²) in [6, 6.07) is 6.78. The quantitative estimate of drug-likeness (QED) is 0.908. The lowest BCUT2D eigenvalue weighted by atomic mass is 10.2. The molecule has 0 aliphatic rings. The smallest absolute Gasteiger partial charge is 0.337 e. The molecule has 0 heterocycles. The third-order valence-electron chi connectivity index (χ3n) is 2.56. The van der Waals surface area contributed by atoms with Gasteiger partial charge in [-0.2, -0.15) is 0 Å². The van der Waals surface area contributed by atoms with Gasteiger partial charge in [0.1, 0.15) is 11.6 Å². The Bertz CT molecular complexity index is 806. The standard InChI is InChI=1S/C13H9F2NO4S/c14-8-2-1-3-10(6-8)21(19,20)16-12-5-4-9(15)7-11(12)13(17)18/h1-7,16H,(H,17,18). The van der Waals surface area contributed by atoms with E-state index in [0.717, 1.165) is 30.3 Å². The fourth-order valence-electron chi connectivity index (χ4n) is 1.62. The van der Waals surface area contributed by atoms with E-state index in [0.29, 0.717) is 6.07 Å². The number of carboxylic acids is 1. The van der Waals surface area contributed by atoms with Gasteiger partial charge in [-0.05, 0) is 36.4 Å². The molecule has 0 saturated carbocycles. The molecular formula is C13H9F2NO4S. The zero-order valence-electron chi connectivity index (χ0n) is 10.4. The molecule has 8 heteroatoms. The maximum atomic E-state index is 13.1. The third kappa shape index (κ3) is 3.34. The minimum Gasteiger partial charge on any atom is -0.478 e. The van der Waals surface area contributed by atoms with Crippen LogP contribution in [0.3, 0.4) is 0 Å². The van der Waals surface area contributed by atoms with Crippen LogP contribution < -0.4 is 4.72 Å². The van der Waals surface area contributed by atoms with E-state index < -0.39 is 33.2 Å². The number of carbonyl (C=O) groups is 1. The molecule has 0 aliphatic carbocycles. The van der Waals surface area contributed by atoms with E-state index in [2.05, 4.69) is 0 Å². The Morgan fingerprint density at radius 2 is 1.71 bits per heavy atom. The molecule has 0 spiro atoms. The van der Waals surface area contributed by atoms with E-state index in [-0.39, 0.29) is 10.6 Å².